The third-order valence-corrected chi connectivity index (χ3v) is 6.21. The fourth-order valence-electron chi connectivity index (χ4n) is 5.04. The molecule has 1 spiro atoms. The van der Waals surface area contributed by atoms with E-state index in [1.54, 1.807) is 6.07 Å². The number of amides is 1. The van der Waals surface area contributed by atoms with Crippen molar-refractivity contribution in [2.45, 2.75) is 57.5 Å². The van der Waals surface area contributed by atoms with Gasteiger partial charge in [0.2, 0.25) is 0 Å². The van der Waals surface area contributed by atoms with E-state index in [-0.39, 0.29) is 5.91 Å². The van der Waals surface area contributed by atoms with Gasteiger partial charge >= 0.3 is 5.97 Å². The average Bonchev–Trinajstić information content (AvgIpc) is 3.08. The molecule has 0 aromatic heterocycles. The number of hydrogen-bond acceptors (Lipinski definition) is 2. The first kappa shape index (κ1) is 17.8. The van der Waals surface area contributed by atoms with Crippen LogP contribution in [0.2, 0.25) is 0 Å². The molecule has 0 radical (unpaired) electrons. The van der Waals surface area contributed by atoms with Gasteiger partial charge in [0.15, 0.2) is 0 Å². The van der Waals surface area contributed by atoms with Crippen LogP contribution in [-0.4, -0.2) is 27.4 Å². The lowest BCUT2D eigenvalue weighted by molar-refractivity contribution is -0.143. The Morgan fingerprint density at radius 3 is 2.48 bits per heavy atom. The molecule has 1 aliphatic carbocycles. The molecule has 1 atom stereocenters. The number of rotatable bonds is 3. The zero-order chi connectivity index (χ0) is 19.2. The largest absolute Gasteiger partial charge is 0.481 e. The summed E-state index contributed by atoms with van der Waals surface area (Å²) in [5.74, 6) is -1.53. The lowest BCUT2D eigenvalue weighted by atomic mass is 9.71. The quantitative estimate of drug-likeness (QED) is 0.877. The molecule has 4 heteroatoms. The summed E-state index contributed by atoms with van der Waals surface area (Å²) in [5, 5.41) is 10.2. The van der Waals surface area contributed by atoms with Gasteiger partial charge in [-0.05, 0) is 43.9 Å². The van der Waals surface area contributed by atoms with E-state index >= 15 is 0 Å². The first-order valence-electron chi connectivity index (χ1n) is 9.63. The number of nitrogens with zero attached hydrogens (tertiary/aromatic N) is 1. The molecular weight excluding hydrogens is 338 g/mol. The smallest absolute Gasteiger partial charge is 0.313 e. The van der Waals surface area contributed by atoms with Crippen molar-refractivity contribution >= 4 is 11.9 Å². The molecule has 1 amide bonds. The molecule has 27 heavy (non-hydrogen) atoms. The summed E-state index contributed by atoms with van der Waals surface area (Å²) in [6, 6.07) is 13.7. The highest BCUT2D eigenvalue weighted by atomic mass is 16.4. The Morgan fingerprint density at radius 2 is 1.81 bits per heavy atom. The summed E-state index contributed by atoms with van der Waals surface area (Å²) in [6.45, 7) is 4.44. The second-order valence-electron chi connectivity index (χ2n) is 8.05. The first-order valence-corrected chi connectivity index (χ1v) is 9.63. The van der Waals surface area contributed by atoms with Crippen molar-refractivity contribution in [2.24, 2.45) is 0 Å². The number of carbonyl (C=O) groups is 2. The third-order valence-electron chi connectivity index (χ3n) is 6.21. The van der Waals surface area contributed by atoms with Crippen molar-refractivity contribution in [1.82, 2.24) is 4.90 Å². The van der Waals surface area contributed by atoms with Crippen molar-refractivity contribution in [3.63, 3.8) is 0 Å². The molecule has 1 fully saturated rings. The van der Waals surface area contributed by atoms with Gasteiger partial charge in [-0.2, -0.15) is 0 Å². The van der Waals surface area contributed by atoms with E-state index in [0.717, 1.165) is 42.4 Å². The molecule has 1 heterocycles. The maximum absolute atomic E-state index is 13.5. The van der Waals surface area contributed by atoms with Crippen LogP contribution in [-0.2, 0) is 11.3 Å². The van der Waals surface area contributed by atoms with Crippen molar-refractivity contribution in [2.75, 3.05) is 0 Å². The van der Waals surface area contributed by atoms with Crippen molar-refractivity contribution in [1.29, 1.82) is 0 Å². The number of carbonyl (C=O) groups excluding carboxylic acids is 1. The number of aliphatic carboxylic acids is 1. The van der Waals surface area contributed by atoms with Crippen molar-refractivity contribution in [3.8, 4) is 0 Å². The Bertz CT molecular complexity index is 912. The molecule has 1 unspecified atom stereocenters. The molecule has 2 aromatic rings. The summed E-state index contributed by atoms with van der Waals surface area (Å²) in [6.07, 6.45) is 3.41. The van der Waals surface area contributed by atoms with Crippen LogP contribution in [0.4, 0.5) is 0 Å². The van der Waals surface area contributed by atoms with Gasteiger partial charge in [0.25, 0.3) is 5.91 Å². The predicted octanol–water partition coefficient (Wildman–Crippen LogP) is 4.44. The average molecular weight is 363 g/mol. The van der Waals surface area contributed by atoms with Crippen molar-refractivity contribution < 1.29 is 14.7 Å². The van der Waals surface area contributed by atoms with E-state index < -0.39 is 17.4 Å². The zero-order valence-corrected chi connectivity index (χ0v) is 15.9. The molecule has 1 aliphatic heterocycles. The Kier molecular flexibility index (Phi) is 4.29. The van der Waals surface area contributed by atoms with E-state index in [1.807, 2.05) is 49.1 Å². The topological polar surface area (TPSA) is 57.6 Å². The van der Waals surface area contributed by atoms with Gasteiger partial charge < -0.3 is 10.0 Å². The van der Waals surface area contributed by atoms with Crippen LogP contribution < -0.4 is 0 Å². The summed E-state index contributed by atoms with van der Waals surface area (Å²) in [5.41, 5.74) is 3.78. The summed E-state index contributed by atoms with van der Waals surface area (Å²) >= 11 is 0. The molecular formula is C23H25NO3. The number of carboxylic acids is 1. The van der Waals surface area contributed by atoms with Crippen LogP contribution >= 0.6 is 0 Å². The SMILES string of the molecule is Cc1cccc(CN2C(=O)c3ccc(C)cc3C(C(=O)O)C23CCCC3)c1. The van der Waals surface area contributed by atoms with Gasteiger partial charge in [-0.15, -0.1) is 0 Å². The van der Waals surface area contributed by atoms with Gasteiger partial charge in [-0.3, -0.25) is 9.59 Å². The number of benzene rings is 2. The Morgan fingerprint density at radius 1 is 1.11 bits per heavy atom. The summed E-state index contributed by atoms with van der Waals surface area (Å²) in [4.78, 5) is 27.8. The highest BCUT2D eigenvalue weighted by Crippen LogP contribution is 2.51. The van der Waals surface area contributed by atoms with Crippen LogP contribution in [0.5, 0.6) is 0 Å². The molecule has 0 bridgehead atoms. The molecule has 1 N–H and O–H groups in total. The summed E-state index contributed by atoms with van der Waals surface area (Å²) in [7, 11) is 0. The number of hydrogen-bond donors (Lipinski definition) is 1. The van der Waals surface area contributed by atoms with E-state index in [2.05, 4.69) is 6.07 Å². The minimum absolute atomic E-state index is 0.0362. The Balaban J connectivity index is 1.87. The molecule has 2 aliphatic rings. The van der Waals surface area contributed by atoms with Crippen LogP contribution in [0.1, 0.15) is 64.2 Å². The first-order chi connectivity index (χ1) is 12.9. The second kappa shape index (κ2) is 6.52. The number of fused-ring (bicyclic) bond motifs is 1. The molecule has 2 aromatic carbocycles. The zero-order valence-electron chi connectivity index (χ0n) is 15.9. The van der Waals surface area contributed by atoms with Crippen molar-refractivity contribution in [3.05, 3.63) is 70.3 Å². The van der Waals surface area contributed by atoms with Gasteiger partial charge in [0.1, 0.15) is 5.92 Å². The summed E-state index contributed by atoms with van der Waals surface area (Å²) < 4.78 is 0. The maximum Gasteiger partial charge on any atom is 0.313 e. The fraction of sp³-hybridized carbons (Fsp3) is 0.391. The monoisotopic (exact) mass is 363 g/mol. The Labute approximate surface area is 159 Å². The second-order valence-corrected chi connectivity index (χ2v) is 8.05. The number of aryl methyl sites for hydroxylation is 2. The highest BCUT2D eigenvalue weighted by Gasteiger charge is 2.55. The molecule has 140 valence electrons. The minimum atomic E-state index is -0.828. The van der Waals surface area contributed by atoms with E-state index in [9.17, 15) is 14.7 Å². The maximum atomic E-state index is 13.5. The van der Waals surface area contributed by atoms with E-state index in [0.29, 0.717) is 17.7 Å². The van der Waals surface area contributed by atoms with Crippen LogP contribution in [0, 0.1) is 13.8 Å². The molecule has 4 nitrogen and oxygen atoms in total. The van der Waals surface area contributed by atoms with Gasteiger partial charge in [-0.25, -0.2) is 0 Å². The van der Waals surface area contributed by atoms with Crippen LogP contribution in [0.3, 0.4) is 0 Å². The highest BCUT2D eigenvalue weighted by molar-refractivity contribution is 6.01. The lowest BCUT2D eigenvalue weighted by Gasteiger charge is -2.49. The predicted molar refractivity (Wildman–Crippen MR) is 104 cm³/mol. The fourth-order valence-corrected chi connectivity index (χ4v) is 5.04. The molecule has 0 saturated heterocycles. The third kappa shape index (κ3) is 2.84. The van der Waals surface area contributed by atoms with Crippen LogP contribution in [0.25, 0.3) is 0 Å². The van der Waals surface area contributed by atoms with Gasteiger partial charge in [0.05, 0.1) is 5.54 Å². The molecule has 1 saturated carbocycles. The standard InChI is InChI=1S/C23H25NO3/c1-15-6-5-7-17(12-15)14-24-21(25)18-9-8-16(2)13-19(18)20(22(26)27)23(24)10-3-4-11-23/h5-9,12-13,20H,3-4,10-11,14H2,1-2H3,(H,26,27). The number of carboxylic acid groups (broad SMARTS) is 1. The normalized spacial score (nSPS) is 20.7. The van der Waals surface area contributed by atoms with Crippen LogP contribution in [0.15, 0.2) is 42.5 Å². The molecule has 4 rings (SSSR count). The minimum Gasteiger partial charge on any atom is -0.481 e. The van der Waals surface area contributed by atoms with Gasteiger partial charge in [0, 0.05) is 12.1 Å². The lowest BCUT2D eigenvalue weighted by Crippen LogP contribution is -2.58. The Hall–Kier alpha value is -2.62. The van der Waals surface area contributed by atoms with Gasteiger partial charge in [-0.1, -0.05) is 60.4 Å². The van der Waals surface area contributed by atoms with E-state index in [1.165, 1.54) is 0 Å². The van der Waals surface area contributed by atoms with E-state index in [4.69, 9.17) is 0 Å².